The minimum absolute atomic E-state index is 0.0500. The fraction of sp³-hybridized carbons (Fsp3) is 0. The highest BCUT2D eigenvalue weighted by molar-refractivity contribution is 5.82. The molecule has 0 radical (unpaired) electrons. The molecule has 13 heavy (non-hydrogen) atoms. The summed E-state index contributed by atoms with van der Waals surface area (Å²) >= 11 is 0. The third-order valence-corrected chi connectivity index (χ3v) is 1.56. The summed E-state index contributed by atoms with van der Waals surface area (Å²) in [4.78, 5) is 0. The largest absolute Gasteiger partial charge is 0.258 e. The predicted molar refractivity (Wildman–Crippen MR) is 43.2 cm³/mol. The maximum absolute atomic E-state index is 8.64. The summed E-state index contributed by atoms with van der Waals surface area (Å²) in [5.74, 6) is 1.97. The zero-order chi connectivity index (χ0) is 9.84. The van der Waals surface area contributed by atoms with Gasteiger partial charge in [0.2, 0.25) is 0 Å². The zero-order valence-corrected chi connectivity index (χ0v) is 6.42. The van der Waals surface area contributed by atoms with Crippen LogP contribution in [0, 0.1) is 39.4 Å². The zero-order valence-electron chi connectivity index (χ0n) is 6.42. The lowest BCUT2D eigenvalue weighted by Crippen LogP contribution is -1.86. The van der Waals surface area contributed by atoms with Crippen molar-refractivity contribution in [2.45, 2.75) is 0 Å². The van der Waals surface area contributed by atoms with Gasteiger partial charge in [0.1, 0.15) is 18.2 Å². The van der Waals surface area contributed by atoms with Crippen LogP contribution < -0.4 is 0 Å². The predicted octanol–water partition coefficient (Wildman–Crippen LogP) is 0.969. The molecule has 0 heterocycles. The van der Waals surface area contributed by atoms with E-state index in [4.69, 9.17) is 21.2 Å². The summed E-state index contributed by atoms with van der Waals surface area (Å²) in [5.41, 5.74) is 0.410. The Kier molecular flexibility index (Phi) is 2.09. The molecule has 1 rings (SSSR count). The van der Waals surface area contributed by atoms with Gasteiger partial charge < -0.3 is 0 Å². The van der Waals surface area contributed by atoms with E-state index in [9.17, 15) is 0 Å². The molecule has 1 N–H and O–H groups in total. The summed E-state index contributed by atoms with van der Waals surface area (Å²) < 4.78 is 0. The maximum atomic E-state index is 8.64. The molecule has 1 aliphatic rings. The van der Waals surface area contributed by atoms with Crippen molar-refractivity contribution in [1.29, 1.82) is 21.2 Å². The first-order valence-electron chi connectivity index (χ1n) is 3.25. The maximum Gasteiger partial charge on any atom is 0.102 e. The Morgan fingerprint density at radius 3 is 2.15 bits per heavy atom. The molecule has 0 saturated carbocycles. The van der Waals surface area contributed by atoms with Gasteiger partial charge in [-0.25, -0.2) is 0 Å². The van der Waals surface area contributed by atoms with E-state index < -0.39 is 0 Å². The van der Waals surface area contributed by atoms with Gasteiger partial charge in [-0.15, -0.1) is 0 Å². The molecular formula is C9H2N4. The summed E-state index contributed by atoms with van der Waals surface area (Å²) in [6, 6.07) is 5.33. The molecule has 0 unspecified atom stereocenters. The van der Waals surface area contributed by atoms with Crippen LogP contribution in [0.5, 0.6) is 0 Å². The fourth-order valence-electron chi connectivity index (χ4n) is 0.980. The van der Waals surface area contributed by atoms with E-state index in [0.717, 1.165) is 0 Å². The molecule has 0 aromatic heterocycles. The average molecular weight is 166 g/mol. The lowest BCUT2D eigenvalue weighted by molar-refractivity contribution is 1.43. The van der Waals surface area contributed by atoms with E-state index in [2.05, 4.69) is 0 Å². The Labute approximate surface area is 74.4 Å². The van der Waals surface area contributed by atoms with E-state index in [0.29, 0.717) is 0 Å². The van der Waals surface area contributed by atoms with Crippen LogP contribution in [0.15, 0.2) is 28.4 Å². The van der Waals surface area contributed by atoms with E-state index in [1.807, 2.05) is 5.87 Å². The molecule has 4 heteroatoms. The fourth-order valence-corrected chi connectivity index (χ4v) is 0.980. The SMILES string of the molecule is N#CC1=CC(C#N)=C(C#N)C1=C=N. The summed E-state index contributed by atoms with van der Waals surface area (Å²) in [7, 11) is 0. The van der Waals surface area contributed by atoms with Gasteiger partial charge >= 0.3 is 0 Å². The Morgan fingerprint density at radius 2 is 1.77 bits per heavy atom. The number of nitriles is 3. The van der Waals surface area contributed by atoms with E-state index in [1.54, 1.807) is 18.2 Å². The highest BCUT2D eigenvalue weighted by atomic mass is 14.4. The summed E-state index contributed by atoms with van der Waals surface area (Å²) in [6.45, 7) is 0. The van der Waals surface area contributed by atoms with Gasteiger partial charge in [-0.05, 0) is 11.9 Å². The quantitative estimate of drug-likeness (QED) is 0.543. The van der Waals surface area contributed by atoms with Crippen LogP contribution in [-0.4, -0.2) is 5.87 Å². The molecule has 0 atom stereocenters. The third kappa shape index (κ3) is 1.12. The molecule has 0 saturated heterocycles. The molecular weight excluding hydrogens is 164 g/mol. The van der Waals surface area contributed by atoms with Crippen LogP contribution in [-0.2, 0) is 0 Å². The van der Waals surface area contributed by atoms with E-state index >= 15 is 0 Å². The number of hydrogen-bond donors (Lipinski definition) is 1. The average Bonchev–Trinajstić information content (AvgIpc) is 2.54. The summed E-state index contributed by atoms with van der Waals surface area (Å²) in [6.07, 6.45) is 1.29. The van der Waals surface area contributed by atoms with Gasteiger partial charge in [0.25, 0.3) is 0 Å². The molecule has 0 fully saturated rings. The number of nitrogens with zero attached hydrogens (tertiary/aromatic N) is 3. The standard InChI is InChI=1S/C9H2N4/c10-2-6-1-7(3-11)9(5-13)8(6)4-12/h1,12H. The topological polar surface area (TPSA) is 95.2 Å². The Hall–Kier alpha value is -2.60. The number of allylic oxidation sites excluding steroid dienone is 5. The molecule has 0 aromatic rings. The van der Waals surface area contributed by atoms with Crippen molar-refractivity contribution in [2.75, 3.05) is 0 Å². The number of rotatable bonds is 0. The van der Waals surface area contributed by atoms with Crippen molar-refractivity contribution in [3.05, 3.63) is 28.4 Å². The van der Waals surface area contributed by atoms with Crippen molar-refractivity contribution >= 4 is 5.87 Å². The molecule has 1 aliphatic carbocycles. The van der Waals surface area contributed by atoms with Gasteiger partial charge in [-0.3, -0.25) is 5.41 Å². The van der Waals surface area contributed by atoms with Crippen molar-refractivity contribution in [2.24, 2.45) is 0 Å². The van der Waals surface area contributed by atoms with Crippen LogP contribution >= 0.6 is 0 Å². The van der Waals surface area contributed by atoms with Crippen LogP contribution in [0.2, 0.25) is 0 Å². The van der Waals surface area contributed by atoms with Crippen LogP contribution in [0.3, 0.4) is 0 Å². The molecule has 4 nitrogen and oxygen atoms in total. The minimum Gasteiger partial charge on any atom is -0.258 e. The third-order valence-electron chi connectivity index (χ3n) is 1.56. The second-order valence-corrected chi connectivity index (χ2v) is 2.18. The van der Waals surface area contributed by atoms with Crippen LogP contribution in [0.25, 0.3) is 0 Å². The number of nitrogens with one attached hydrogen (secondary N) is 1. The monoisotopic (exact) mass is 166 g/mol. The highest BCUT2D eigenvalue weighted by Crippen LogP contribution is 2.27. The molecule has 0 amide bonds. The highest BCUT2D eigenvalue weighted by Gasteiger charge is 2.21. The first-order valence-corrected chi connectivity index (χ1v) is 3.25. The number of hydrogen-bond acceptors (Lipinski definition) is 4. The Morgan fingerprint density at radius 1 is 1.08 bits per heavy atom. The molecule has 0 spiro atoms. The van der Waals surface area contributed by atoms with Crippen LogP contribution in [0.4, 0.5) is 0 Å². The smallest absolute Gasteiger partial charge is 0.102 e. The van der Waals surface area contributed by atoms with Gasteiger partial charge in [0, 0.05) is 0 Å². The van der Waals surface area contributed by atoms with Gasteiger partial charge in [0.05, 0.1) is 22.3 Å². The Bertz CT molecular complexity index is 493. The molecule has 0 aromatic carbocycles. The molecule has 58 valence electrons. The molecule has 0 aliphatic heterocycles. The summed E-state index contributed by atoms with van der Waals surface area (Å²) in [5, 5.41) is 32.7. The van der Waals surface area contributed by atoms with Gasteiger partial charge in [0.15, 0.2) is 0 Å². The second-order valence-electron chi connectivity index (χ2n) is 2.18. The lowest BCUT2D eigenvalue weighted by atomic mass is 10.1. The Balaban J connectivity index is 3.46. The van der Waals surface area contributed by atoms with Crippen molar-refractivity contribution < 1.29 is 0 Å². The first kappa shape index (κ1) is 8.50. The van der Waals surface area contributed by atoms with Crippen LogP contribution in [0.1, 0.15) is 0 Å². The first-order chi connectivity index (χ1) is 6.28. The van der Waals surface area contributed by atoms with Crippen molar-refractivity contribution in [3.63, 3.8) is 0 Å². The normalized spacial score (nSPS) is 13.9. The van der Waals surface area contributed by atoms with Gasteiger partial charge in [-0.1, -0.05) is 0 Å². The second kappa shape index (κ2) is 3.20. The molecule has 0 bridgehead atoms. The lowest BCUT2D eigenvalue weighted by Gasteiger charge is -1.89. The van der Waals surface area contributed by atoms with Crippen molar-refractivity contribution in [1.82, 2.24) is 0 Å². The minimum atomic E-state index is 0.0500. The van der Waals surface area contributed by atoms with E-state index in [1.165, 1.54) is 6.08 Å². The van der Waals surface area contributed by atoms with E-state index in [-0.39, 0.29) is 22.3 Å². The van der Waals surface area contributed by atoms with Crippen molar-refractivity contribution in [3.8, 4) is 18.2 Å². The van der Waals surface area contributed by atoms with Gasteiger partial charge in [-0.2, -0.15) is 15.8 Å².